The van der Waals surface area contributed by atoms with Crippen LogP contribution in [0.5, 0.6) is 0 Å². The Bertz CT molecular complexity index is 104. The molecule has 0 saturated carbocycles. The van der Waals surface area contributed by atoms with Crippen molar-refractivity contribution in [1.29, 1.82) is 0 Å². The summed E-state index contributed by atoms with van der Waals surface area (Å²) < 4.78 is -0.276. The molecule has 0 aliphatic carbocycles. The summed E-state index contributed by atoms with van der Waals surface area (Å²) in [5, 5.41) is 12.2. The SMILES string of the molecule is CCCCC([O])C(C)(Br)CBr. The first-order valence-corrected chi connectivity index (χ1v) is 5.86. The molecule has 1 nitrogen and oxygen atoms in total. The van der Waals surface area contributed by atoms with Gasteiger partial charge in [-0.25, -0.2) is 5.11 Å². The third-order valence-corrected chi connectivity index (χ3v) is 4.46. The van der Waals surface area contributed by atoms with Crippen LogP contribution in [0.4, 0.5) is 0 Å². The standard InChI is InChI=1S/C8H15Br2O/c1-3-4-5-7(11)8(2,10)6-9/h7H,3-6H2,1-2H3. The zero-order chi connectivity index (χ0) is 8.91. The van der Waals surface area contributed by atoms with Gasteiger partial charge in [0.2, 0.25) is 0 Å². The lowest BCUT2D eigenvalue weighted by atomic mass is 10.0. The maximum atomic E-state index is 11.5. The van der Waals surface area contributed by atoms with Crippen LogP contribution in [0.3, 0.4) is 0 Å². The Morgan fingerprint density at radius 1 is 1.55 bits per heavy atom. The number of halogens is 2. The van der Waals surface area contributed by atoms with E-state index in [0.29, 0.717) is 0 Å². The molecule has 0 N–H and O–H groups in total. The molecule has 0 spiro atoms. The van der Waals surface area contributed by atoms with E-state index in [0.717, 1.165) is 24.6 Å². The molecule has 0 bridgehead atoms. The minimum atomic E-state index is -0.498. The van der Waals surface area contributed by atoms with Gasteiger partial charge in [0.15, 0.2) is 0 Å². The van der Waals surface area contributed by atoms with Crippen LogP contribution in [0.1, 0.15) is 33.1 Å². The average molecular weight is 287 g/mol. The van der Waals surface area contributed by atoms with Crippen molar-refractivity contribution in [3.05, 3.63) is 0 Å². The number of hydrogen-bond donors (Lipinski definition) is 0. The van der Waals surface area contributed by atoms with Gasteiger partial charge in [-0.1, -0.05) is 51.6 Å². The Morgan fingerprint density at radius 3 is 2.45 bits per heavy atom. The van der Waals surface area contributed by atoms with Crippen LogP contribution in [-0.2, 0) is 5.11 Å². The Labute approximate surface area is 85.8 Å². The Balaban J connectivity index is 3.71. The topological polar surface area (TPSA) is 19.9 Å². The normalized spacial score (nSPS) is 19.4. The molecule has 0 saturated heterocycles. The fraction of sp³-hybridized carbons (Fsp3) is 1.00. The lowest BCUT2D eigenvalue weighted by Crippen LogP contribution is -2.33. The van der Waals surface area contributed by atoms with Gasteiger partial charge in [-0.05, 0) is 13.3 Å². The van der Waals surface area contributed by atoms with E-state index in [1.807, 2.05) is 6.92 Å². The van der Waals surface area contributed by atoms with E-state index in [2.05, 4.69) is 38.8 Å². The van der Waals surface area contributed by atoms with Crippen molar-refractivity contribution < 1.29 is 5.11 Å². The van der Waals surface area contributed by atoms with Crippen LogP contribution in [-0.4, -0.2) is 15.8 Å². The highest BCUT2D eigenvalue weighted by Gasteiger charge is 2.29. The molecule has 0 aliphatic rings. The van der Waals surface area contributed by atoms with Gasteiger partial charge in [-0.15, -0.1) is 0 Å². The van der Waals surface area contributed by atoms with Crippen LogP contribution in [0, 0.1) is 0 Å². The van der Waals surface area contributed by atoms with Gasteiger partial charge in [0.05, 0.1) is 4.32 Å². The summed E-state index contributed by atoms with van der Waals surface area (Å²) >= 11 is 6.73. The number of unbranched alkanes of at least 4 members (excludes halogenated alkanes) is 1. The van der Waals surface area contributed by atoms with Crippen LogP contribution in [0.25, 0.3) is 0 Å². The summed E-state index contributed by atoms with van der Waals surface area (Å²) in [6.07, 6.45) is 2.40. The quantitative estimate of drug-likeness (QED) is 0.689. The lowest BCUT2D eigenvalue weighted by Gasteiger charge is -2.24. The number of alkyl halides is 2. The minimum absolute atomic E-state index is 0.276. The first kappa shape index (κ1) is 11.9. The molecule has 0 aliphatic heterocycles. The monoisotopic (exact) mass is 285 g/mol. The van der Waals surface area contributed by atoms with Gasteiger partial charge in [-0.3, -0.25) is 0 Å². The highest BCUT2D eigenvalue weighted by molar-refractivity contribution is 9.12. The van der Waals surface area contributed by atoms with Crippen LogP contribution in [0.15, 0.2) is 0 Å². The number of rotatable bonds is 5. The molecule has 2 unspecified atom stereocenters. The van der Waals surface area contributed by atoms with E-state index in [-0.39, 0.29) is 4.32 Å². The van der Waals surface area contributed by atoms with E-state index in [1.165, 1.54) is 0 Å². The maximum Gasteiger partial charge on any atom is 0.109 e. The van der Waals surface area contributed by atoms with Gasteiger partial charge < -0.3 is 0 Å². The molecule has 67 valence electrons. The largest absolute Gasteiger partial charge is 0.232 e. The van der Waals surface area contributed by atoms with E-state index in [9.17, 15) is 5.11 Å². The van der Waals surface area contributed by atoms with E-state index >= 15 is 0 Å². The van der Waals surface area contributed by atoms with Crippen molar-refractivity contribution in [2.45, 2.75) is 43.5 Å². The Hall–Kier alpha value is 0.920. The van der Waals surface area contributed by atoms with Gasteiger partial charge >= 0.3 is 0 Å². The third-order valence-electron chi connectivity index (χ3n) is 1.75. The number of hydrogen-bond acceptors (Lipinski definition) is 0. The molecule has 0 rings (SSSR count). The molecule has 1 radical (unpaired) electrons. The second-order valence-electron chi connectivity index (χ2n) is 3.04. The molecule has 0 aromatic heterocycles. The zero-order valence-electron chi connectivity index (χ0n) is 7.07. The average Bonchev–Trinajstić information content (AvgIpc) is 2.00. The van der Waals surface area contributed by atoms with Crippen LogP contribution < -0.4 is 0 Å². The first-order valence-electron chi connectivity index (χ1n) is 3.95. The predicted octanol–water partition coefficient (Wildman–Crippen LogP) is 3.52. The first-order chi connectivity index (χ1) is 5.04. The van der Waals surface area contributed by atoms with Gasteiger partial charge in [0, 0.05) is 5.33 Å². The zero-order valence-corrected chi connectivity index (χ0v) is 10.2. The molecule has 11 heavy (non-hydrogen) atoms. The smallest absolute Gasteiger partial charge is 0.109 e. The summed E-state index contributed by atoms with van der Waals surface area (Å²) in [6.45, 7) is 4.04. The summed E-state index contributed by atoms with van der Waals surface area (Å²) in [7, 11) is 0. The molecular formula is C8H15Br2O. The van der Waals surface area contributed by atoms with Gasteiger partial charge in [-0.2, -0.15) is 0 Å². The molecule has 0 heterocycles. The molecule has 3 heteroatoms. The molecule has 0 fully saturated rings. The lowest BCUT2D eigenvalue weighted by molar-refractivity contribution is 0.0582. The molecule has 0 aromatic carbocycles. The molecule has 0 amide bonds. The van der Waals surface area contributed by atoms with E-state index in [4.69, 9.17) is 0 Å². The summed E-state index contributed by atoms with van der Waals surface area (Å²) in [5.41, 5.74) is 0. The van der Waals surface area contributed by atoms with Crippen molar-refractivity contribution in [2.24, 2.45) is 0 Å². The Kier molecular flexibility index (Phi) is 6.01. The maximum absolute atomic E-state index is 11.5. The van der Waals surface area contributed by atoms with Crippen molar-refractivity contribution in [3.63, 3.8) is 0 Å². The fourth-order valence-corrected chi connectivity index (χ4v) is 1.37. The van der Waals surface area contributed by atoms with Crippen molar-refractivity contribution in [3.8, 4) is 0 Å². The minimum Gasteiger partial charge on any atom is -0.232 e. The van der Waals surface area contributed by atoms with E-state index < -0.39 is 6.10 Å². The molecular weight excluding hydrogens is 272 g/mol. The van der Waals surface area contributed by atoms with Crippen LogP contribution in [0.2, 0.25) is 0 Å². The molecule has 2 atom stereocenters. The summed E-state index contributed by atoms with van der Waals surface area (Å²) in [5.74, 6) is 0. The van der Waals surface area contributed by atoms with Crippen molar-refractivity contribution >= 4 is 31.9 Å². The second kappa shape index (κ2) is 5.55. The van der Waals surface area contributed by atoms with Crippen molar-refractivity contribution in [2.75, 3.05) is 5.33 Å². The van der Waals surface area contributed by atoms with Gasteiger partial charge in [0.1, 0.15) is 6.10 Å². The highest BCUT2D eigenvalue weighted by Crippen LogP contribution is 2.27. The third kappa shape index (κ3) is 4.48. The van der Waals surface area contributed by atoms with Gasteiger partial charge in [0.25, 0.3) is 0 Å². The van der Waals surface area contributed by atoms with Crippen molar-refractivity contribution in [1.82, 2.24) is 0 Å². The summed E-state index contributed by atoms with van der Waals surface area (Å²) in [4.78, 5) is 0. The molecule has 0 aromatic rings. The fourth-order valence-electron chi connectivity index (χ4n) is 0.777. The van der Waals surface area contributed by atoms with Crippen LogP contribution >= 0.6 is 31.9 Å². The predicted molar refractivity (Wildman–Crippen MR) is 55.1 cm³/mol. The highest BCUT2D eigenvalue weighted by atomic mass is 79.9. The summed E-state index contributed by atoms with van der Waals surface area (Å²) in [6, 6.07) is 0. The second-order valence-corrected chi connectivity index (χ2v) is 5.41. The Morgan fingerprint density at radius 2 is 2.09 bits per heavy atom. The van der Waals surface area contributed by atoms with E-state index in [1.54, 1.807) is 0 Å².